The second-order valence-electron chi connectivity index (χ2n) is 3.30. The maximum atomic E-state index is 10.8. The molecule has 1 aromatic heterocycles. The molecule has 0 fully saturated rings. The highest BCUT2D eigenvalue weighted by Gasteiger charge is 2.17. The molecule has 92 valence electrons. The standard InChI is InChI=1S/C9H12N4O4/c1-2-5(9(14)15)11-7-4-3-6(13(16)17)8(10)12-7/h3-5H,2H2,1H3,(H,14,15)(H3,10,11,12). The number of carbonyl (C=O) groups is 1. The summed E-state index contributed by atoms with van der Waals surface area (Å²) in [5.74, 6) is -1.08. The second kappa shape index (κ2) is 5.10. The van der Waals surface area contributed by atoms with Crippen LogP contribution in [0.25, 0.3) is 0 Å². The molecule has 0 aliphatic heterocycles. The van der Waals surface area contributed by atoms with Gasteiger partial charge in [0.05, 0.1) is 4.92 Å². The topological polar surface area (TPSA) is 131 Å². The maximum absolute atomic E-state index is 10.8. The summed E-state index contributed by atoms with van der Waals surface area (Å²) in [6.45, 7) is 1.69. The van der Waals surface area contributed by atoms with Gasteiger partial charge in [-0.25, -0.2) is 9.78 Å². The van der Waals surface area contributed by atoms with Crippen molar-refractivity contribution in [3.8, 4) is 0 Å². The molecule has 0 aliphatic carbocycles. The van der Waals surface area contributed by atoms with E-state index in [0.717, 1.165) is 0 Å². The monoisotopic (exact) mass is 240 g/mol. The molecular formula is C9H12N4O4. The molecule has 1 aromatic rings. The third-order valence-corrected chi connectivity index (χ3v) is 2.13. The highest BCUT2D eigenvalue weighted by molar-refractivity contribution is 5.77. The van der Waals surface area contributed by atoms with Crippen LogP contribution < -0.4 is 11.1 Å². The van der Waals surface area contributed by atoms with Crippen LogP contribution in [0.3, 0.4) is 0 Å². The fraction of sp³-hybridized carbons (Fsp3) is 0.333. The van der Waals surface area contributed by atoms with Crippen molar-refractivity contribution < 1.29 is 14.8 Å². The Bertz CT molecular complexity index is 449. The Balaban J connectivity index is 2.90. The number of aliphatic carboxylic acids is 1. The highest BCUT2D eigenvalue weighted by Crippen LogP contribution is 2.21. The molecule has 1 unspecified atom stereocenters. The number of hydrogen-bond acceptors (Lipinski definition) is 6. The lowest BCUT2D eigenvalue weighted by atomic mass is 10.2. The zero-order valence-electron chi connectivity index (χ0n) is 9.08. The third-order valence-electron chi connectivity index (χ3n) is 2.13. The van der Waals surface area contributed by atoms with E-state index in [9.17, 15) is 14.9 Å². The number of nitro groups is 1. The average molecular weight is 240 g/mol. The Morgan fingerprint density at radius 1 is 1.71 bits per heavy atom. The lowest BCUT2D eigenvalue weighted by Crippen LogP contribution is -2.28. The van der Waals surface area contributed by atoms with Crippen LogP contribution in [0.1, 0.15) is 13.3 Å². The molecule has 1 atom stereocenters. The van der Waals surface area contributed by atoms with Crippen LogP contribution in [-0.2, 0) is 4.79 Å². The normalized spacial score (nSPS) is 11.8. The number of rotatable bonds is 5. The van der Waals surface area contributed by atoms with Crippen molar-refractivity contribution in [3.63, 3.8) is 0 Å². The van der Waals surface area contributed by atoms with Gasteiger partial charge in [-0.2, -0.15) is 0 Å². The Hall–Kier alpha value is -2.38. The van der Waals surface area contributed by atoms with E-state index < -0.39 is 16.9 Å². The minimum atomic E-state index is -1.02. The van der Waals surface area contributed by atoms with Gasteiger partial charge >= 0.3 is 11.7 Å². The predicted octanol–water partition coefficient (Wildman–Crippen LogP) is 0.847. The summed E-state index contributed by atoms with van der Waals surface area (Å²) in [5, 5.41) is 21.9. The minimum absolute atomic E-state index is 0.197. The fourth-order valence-electron chi connectivity index (χ4n) is 1.22. The van der Waals surface area contributed by atoms with Gasteiger partial charge in [-0.1, -0.05) is 6.92 Å². The quantitative estimate of drug-likeness (QED) is 0.513. The van der Waals surface area contributed by atoms with Gasteiger partial charge in [0, 0.05) is 6.07 Å². The highest BCUT2D eigenvalue weighted by atomic mass is 16.6. The van der Waals surface area contributed by atoms with E-state index >= 15 is 0 Å². The van der Waals surface area contributed by atoms with Crippen molar-refractivity contribution in [1.29, 1.82) is 0 Å². The van der Waals surface area contributed by atoms with E-state index in [4.69, 9.17) is 10.8 Å². The molecule has 0 aliphatic rings. The van der Waals surface area contributed by atoms with Gasteiger partial charge in [-0.3, -0.25) is 10.1 Å². The summed E-state index contributed by atoms with van der Waals surface area (Å²) < 4.78 is 0. The van der Waals surface area contributed by atoms with Crippen LogP contribution in [0.2, 0.25) is 0 Å². The van der Waals surface area contributed by atoms with Gasteiger partial charge < -0.3 is 16.2 Å². The first-order valence-corrected chi connectivity index (χ1v) is 4.86. The number of carboxylic acids is 1. The molecule has 8 heteroatoms. The third kappa shape index (κ3) is 3.03. The Labute approximate surface area is 96.6 Å². The fourth-order valence-corrected chi connectivity index (χ4v) is 1.22. The van der Waals surface area contributed by atoms with Crippen molar-refractivity contribution in [2.75, 3.05) is 11.1 Å². The molecule has 0 radical (unpaired) electrons. The van der Waals surface area contributed by atoms with Gasteiger partial charge in [0.15, 0.2) is 0 Å². The average Bonchev–Trinajstić information content (AvgIpc) is 2.24. The zero-order valence-corrected chi connectivity index (χ0v) is 9.08. The van der Waals surface area contributed by atoms with Crippen molar-refractivity contribution in [2.45, 2.75) is 19.4 Å². The number of anilines is 2. The molecule has 0 amide bonds. The van der Waals surface area contributed by atoms with Crippen LogP contribution in [0.5, 0.6) is 0 Å². The number of carboxylic acid groups (broad SMARTS) is 1. The van der Waals surface area contributed by atoms with E-state index in [1.807, 2.05) is 0 Å². The predicted molar refractivity (Wildman–Crippen MR) is 60.6 cm³/mol. The number of nitrogens with one attached hydrogen (secondary N) is 1. The first-order valence-electron chi connectivity index (χ1n) is 4.86. The van der Waals surface area contributed by atoms with Crippen LogP contribution >= 0.6 is 0 Å². The van der Waals surface area contributed by atoms with E-state index in [-0.39, 0.29) is 17.3 Å². The van der Waals surface area contributed by atoms with Crippen LogP contribution in [0, 0.1) is 10.1 Å². The first kappa shape index (κ1) is 12.7. The molecule has 0 saturated carbocycles. The molecule has 4 N–H and O–H groups in total. The van der Waals surface area contributed by atoms with Crippen LogP contribution in [0.15, 0.2) is 12.1 Å². The number of nitrogen functional groups attached to an aromatic ring is 1. The lowest BCUT2D eigenvalue weighted by Gasteiger charge is -2.12. The number of nitrogens with zero attached hydrogens (tertiary/aromatic N) is 2. The van der Waals surface area contributed by atoms with Crippen molar-refractivity contribution in [2.24, 2.45) is 0 Å². The van der Waals surface area contributed by atoms with Gasteiger partial charge in [-0.15, -0.1) is 0 Å². The summed E-state index contributed by atoms with van der Waals surface area (Å²) in [6.07, 6.45) is 0.355. The molecule has 0 bridgehead atoms. The largest absolute Gasteiger partial charge is 0.480 e. The van der Waals surface area contributed by atoms with Crippen molar-refractivity contribution in [1.82, 2.24) is 4.98 Å². The van der Waals surface area contributed by atoms with Gasteiger partial charge in [0.25, 0.3) is 0 Å². The Kier molecular flexibility index (Phi) is 3.81. The van der Waals surface area contributed by atoms with E-state index in [1.54, 1.807) is 6.92 Å². The molecule has 1 rings (SSSR count). The summed E-state index contributed by atoms with van der Waals surface area (Å²) in [4.78, 5) is 24.3. The van der Waals surface area contributed by atoms with Gasteiger partial charge in [0.1, 0.15) is 11.9 Å². The zero-order chi connectivity index (χ0) is 13.0. The van der Waals surface area contributed by atoms with Crippen LogP contribution in [0.4, 0.5) is 17.3 Å². The molecule has 0 spiro atoms. The summed E-state index contributed by atoms with van der Waals surface area (Å²) in [5.41, 5.74) is 5.07. The Morgan fingerprint density at radius 2 is 2.35 bits per heavy atom. The van der Waals surface area contributed by atoms with Gasteiger partial charge in [0.2, 0.25) is 5.82 Å². The van der Waals surface area contributed by atoms with Crippen LogP contribution in [-0.4, -0.2) is 27.0 Å². The first-order chi connectivity index (χ1) is 7.95. The van der Waals surface area contributed by atoms with E-state index in [2.05, 4.69) is 10.3 Å². The summed E-state index contributed by atoms with van der Waals surface area (Å²) >= 11 is 0. The smallest absolute Gasteiger partial charge is 0.326 e. The van der Waals surface area contributed by atoms with Crippen molar-refractivity contribution in [3.05, 3.63) is 22.2 Å². The summed E-state index contributed by atoms with van der Waals surface area (Å²) in [7, 11) is 0. The molecule has 8 nitrogen and oxygen atoms in total. The molecular weight excluding hydrogens is 228 g/mol. The van der Waals surface area contributed by atoms with Crippen molar-refractivity contribution >= 4 is 23.3 Å². The van der Waals surface area contributed by atoms with Gasteiger partial charge in [-0.05, 0) is 12.5 Å². The molecule has 0 aromatic carbocycles. The number of pyridine rings is 1. The molecule has 0 saturated heterocycles. The maximum Gasteiger partial charge on any atom is 0.326 e. The Morgan fingerprint density at radius 3 is 2.76 bits per heavy atom. The summed E-state index contributed by atoms with van der Waals surface area (Å²) in [6, 6.07) is 1.70. The minimum Gasteiger partial charge on any atom is -0.480 e. The SMILES string of the molecule is CCC(Nc1ccc([N+](=O)[O-])c(N)n1)C(=O)O. The van der Waals surface area contributed by atoms with E-state index in [0.29, 0.717) is 6.42 Å². The molecule has 1 heterocycles. The number of nitrogens with two attached hydrogens (primary N) is 1. The molecule has 17 heavy (non-hydrogen) atoms. The lowest BCUT2D eigenvalue weighted by molar-refractivity contribution is -0.384. The number of hydrogen-bond donors (Lipinski definition) is 3. The second-order valence-corrected chi connectivity index (χ2v) is 3.30. The van der Waals surface area contributed by atoms with E-state index in [1.165, 1.54) is 12.1 Å². The number of aromatic nitrogens is 1.